The van der Waals surface area contributed by atoms with Crippen molar-refractivity contribution in [3.63, 3.8) is 0 Å². The Morgan fingerprint density at radius 3 is 2.45 bits per heavy atom. The molecule has 0 aromatic carbocycles. The predicted octanol–water partition coefficient (Wildman–Crippen LogP) is 0.354. The number of unbranched alkanes of at least 4 members (excludes halogenated alkanes) is 1. The van der Waals surface area contributed by atoms with Crippen molar-refractivity contribution in [2.75, 3.05) is 26.2 Å². The van der Waals surface area contributed by atoms with Gasteiger partial charge < -0.3 is 25.3 Å². The summed E-state index contributed by atoms with van der Waals surface area (Å²) >= 11 is 0. The Hall–Kier alpha value is -0.200. The van der Waals surface area contributed by atoms with Gasteiger partial charge in [0.15, 0.2) is 0 Å². The van der Waals surface area contributed by atoms with Gasteiger partial charge in [-0.15, -0.1) is 0 Å². The van der Waals surface area contributed by atoms with Crippen molar-refractivity contribution in [3.05, 3.63) is 0 Å². The molecule has 0 aromatic heterocycles. The van der Waals surface area contributed by atoms with Crippen molar-refractivity contribution in [3.8, 4) is 0 Å². The molecule has 5 nitrogen and oxygen atoms in total. The van der Waals surface area contributed by atoms with E-state index in [4.69, 9.17) is 0 Å². The standard InChI is InChI=1S/C15H31NO4/c1-2-3-7-16-8-6-13(18)9-15(20)14(19)5-4-12(10-16)11-17/h12-15,17-20H,2-11H2,1H3. The van der Waals surface area contributed by atoms with Gasteiger partial charge in [-0.2, -0.15) is 0 Å². The van der Waals surface area contributed by atoms with Crippen molar-refractivity contribution >= 4 is 0 Å². The molecule has 0 amide bonds. The van der Waals surface area contributed by atoms with E-state index in [0.717, 1.165) is 32.5 Å². The summed E-state index contributed by atoms with van der Waals surface area (Å²) in [6.07, 6.45) is 1.99. The second-order valence-electron chi connectivity index (χ2n) is 6.09. The fourth-order valence-electron chi connectivity index (χ4n) is 2.77. The first-order valence-electron chi connectivity index (χ1n) is 7.94. The van der Waals surface area contributed by atoms with Crippen LogP contribution in [0.2, 0.25) is 0 Å². The first-order chi connectivity index (χ1) is 9.56. The van der Waals surface area contributed by atoms with Gasteiger partial charge in [0.2, 0.25) is 0 Å². The molecule has 0 aliphatic carbocycles. The van der Waals surface area contributed by atoms with Gasteiger partial charge in [0.25, 0.3) is 0 Å². The van der Waals surface area contributed by atoms with Crippen LogP contribution >= 0.6 is 0 Å². The molecule has 120 valence electrons. The summed E-state index contributed by atoms with van der Waals surface area (Å²) in [7, 11) is 0. The quantitative estimate of drug-likeness (QED) is 0.600. The lowest BCUT2D eigenvalue weighted by molar-refractivity contribution is -0.0188. The SMILES string of the molecule is CCCCN1CCC(O)CC(O)C(O)CCC(CO)C1. The third-order valence-electron chi connectivity index (χ3n) is 4.21. The van der Waals surface area contributed by atoms with Crippen LogP contribution in [0.25, 0.3) is 0 Å². The number of aliphatic hydroxyl groups excluding tert-OH is 4. The molecule has 1 aliphatic heterocycles. The van der Waals surface area contributed by atoms with Crippen molar-refractivity contribution < 1.29 is 20.4 Å². The average Bonchev–Trinajstić information content (AvgIpc) is 2.46. The van der Waals surface area contributed by atoms with Crippen LogP contribution in [0, 0.1) is 5.92 Å². The van der Waals surface area contributed by atoms with E-state index in [1.807, 2.05) is 0 Å². The predicted molar refractivity (Wildman–Crippen MR) is 78.4 cm³/mol. The summed E-state index contributed by atoms with van der Waals surface area (Å²) in [5.74, 6) is 0.129. The molecule has 1 fully saturated rings. The number of rotatable bonds is 4. The zero-order valence-electron chi connectivity index (χ0n) is 12.6. The highest BCUT2D eigenvalue weighted by Crippen LogP contribution is 2.18. The lowest BCUT2D eigenvalue weighted by atomic mass is 9.97. The zero-order valence-corrected chi connectivity index (χ0v) is 12.6. The molecule has 4 N–H and O–H groups in total. The molecule has 4 unspecified atom stereocenters. The molecule has 0 radical (unpaired) electrons. The van der Waals surface area contributed by atoms with Gasteiger partial charge in [-0.05, 0) is 38.1 Å². The van der Waals surface area contributed by atoms with E-state index < -0.39 is 18.3 Å². The number of aliphatic hydroxyl groups is 4. The normalized spacial score (nSPS) is 34.6. The van der Waals surface area contributed by atoms with E-state index in [1.54, 1.807) is 0 Å². The second kappa shape index (κ2) is 9.68. The molecule has 5 heteroatoms. The van der Waals surface area contributed by atoms with E-state index in [1.165, 1.54) is 0 Å². The Balaban J connectivity index is 2.63. The molecule has 0 bridgehead atoms. The molecule has 0 spiro atoms. The van der Waals surface area contributed by atoms with Crippen LogP contribution in [0.4, 0.5) is 0 Å². The lowest BCUT2D eigenvalue weighted by Gasteiger charge is -2.27. The molecule has 1 heterocycles. The van der Waals surface area contributed by atoms with Crippen molar-refractivity contribution in [1.82, 2.24) is 4.90 Å². The van der Waals surface area contributed by atoms with Crippen molar-refractivity contribution in [1.29, 1.82) is 0 Å². The smallest absolute Gasteiger partial charge is 0.0823 e. The van der Waals surface area contributed by atoms with Crippen LogP contribution in [-0.4, -0.2) is 69.9 Å². The van der Waals surface area contributed by atoms with E-state index in [2.05, 4.69) is 11.8 Å². The summed E-state index contributed by atoms with van der Waals surface area (Å²) in [6, 6.07) is 0. The fourth-order valence-corrected chi connectivity index (χ4v) is 2.77. The van der Waals surface area contributed by atoms with Crippen LogP contribution in [0.15, 0.2) is 0 Å². The minimum atomic E-state index is -0.869. The lowest BCUT2D eigenvalue weighted by Crippen LogP contribution is -2.34. The summed E-state index contributed by atoms with van der Waals surface area (Å²) in [6.45, 7) is 4.81. The first kappa shape index (κ1) is 17.9. The highest BCUT2D eigenvalue weighted by molar-refractivity contribution is 4.77. The maximum absolute atomic E-state index is 9.93. The molecular formula is C15H31NO4. The monoisotopic (exact) mass is 289 g/mol. The Bertz CT molecular complexity index is 252. The van der Waals surface area contributed by atoms with Gasteiger partial charge in [0.1, 0.15) is 0 Å². The summed E-state index contributed by atoms with van der Waals surface area (Å²) in [5.41, 5.74) is 0. The van der Waals surface area contributed by atoms with Crippen LogP contribution in [-0.2, 0) is 0 Å². The third kappa shape index (κ3) is 6.50. The number of hydrogen-bond donors (Lipinski definition) is 4. The van der Waals surface area contributed by atoms with E-state index in [0.29, 0.717) is 19.3 Å². The molecule has 4 atom stereocenters. The maximum atomic E-state index is 9.93. The van der Waals surface area contributed by atoms with Crippen LogP contribution in [0.5, 0.6) is 0 Å². The average molecular weight is 289 g/mol. The van der Waals surface area contributed by atoms with Gasteiger partial charge in [-0.3, -0.25) is 0 Å². The summed E-state index contributed by atoms with van der Waals surface area (Å²) in [4.78, 5) is 2.29. The third-order valence-corrected chi connectivity index (χ3v) is 4.21. The fraction of sp³-hybridized carbons (Fsp3) is 1.00. The minimum Gasteiger partial charge on any atom is -0.396 e. The Kier molecular flexibility index (Phi) is 8.64. The zero-order chi connectivity index (χ0) is 15.0. The van der Waals surface area contributed by atoms with E-state index in [-0.39, 0.29) is 18.9 Å². The summed E-state index contributed by atoms with van der Waals surface area (Å²) < 4.78 is 0. The molecule has 0 aromatic rings. The molecule has 1 aliphatic rings. The molecule has 1 rings (SSSR count). The Morgan fingerprint density at radius 2 is 1.80 bits per heavy atom. The second-order valence-corrected chi connectivity index (χ2v) is 6.09. The van der Waals surface area contributed by atoms with Crippen LogP contribution in [0.1, 0.15) is 45.4 Å². The van der Waals surface area contributed by atoms with Crippen molar-refractivity contribution in [2.45, 2.75) is 63.8 Å². The Morgan fingerprint density at radius 1 is 1.05 bits per heavy atom. The first-order valence-corrected chi connectivity index (χ1v) is 7.94. The van der Waals surface area contributed by atoms with Crippen molar-refractivity contribution in [2.24, 2.45) is 5.92 Å². The number of hydrogen-bond acceptors (Lipinski definition) is 5. The molecule has 20 heavy (non-hydrogen) atoms. The van der Waals surface area contributed by atoms with Gasteiger partial charge in [0.05, 0.1) is 18.3 Å². The van der Waals surface area contributed by atoms with Gasteiger partial charge >= 0.3 is 0 Å². The minimum absolute atomic E-state index is 0.105. The highest BCUT2D eigenvalue weighted by Gasteiger charge is 2.24. The molecule has 0 saturated carbocycles. The van der Waals surface area contributed by atoms with Gasteiger partial charge in [0, 0.05) is 26.1 Å². The van der Waals surface area contributed by atoms with E-state index in [9.17, 15) is 20.4 Å². The van der Waals surface area contributed by atoms with Gasteiger partial charge in [-0.1, -0.05) is 13.3 Å². The molecular weight excluding hydrogens is 258 g/mol. The maximum Gasteiger partial charge on any atom is 0.0823 e. The summed E-state index contributed by atoms with van der Waals surface area (Å²) in [5, 5.41) is 39.1. The topological polar surface area (TPSA) is 84.2 Å². The van der Waals surface area contributed by atoms with Crippen LogP contribution < -0.4 is 0 Å². The van der Waals surface area contributed by atoms with E-state index >= 15 is 0 Å². The van der Waals surface area contributed by atoms with Gasteiger partial charge in [-0.25, -0.2) is 0 Å². The number of nitrogens with zero attached hydrogens (tertiary/aromatic N) is 1. The Labute approximate surface area is 122 Å². The molecule has 1 saturated heterocycles. The highest BCUT2D eigenvalue weighted by atomic mass is 16.3. The van der Waals surface area contributed by atoms with Crippen LogP contribution in [0.3, 0.4) is 0 Å². The largest absolute Gasteiger partial charge is 0.396 e.